The molecule has 78 valence electrons. The first-order chi connectivity index (χ1) is 7.18. The number of thiophene rings is 1. The van der Waals surface area contributed by atoms with Gasteiger partial charge in [-0.2, -0.15) is 0 Å². The molecule has 2 N–H and O–H groups in total. The molecular weight excluding hydrogens is 214 g/mol. The maximum absolute atomic E-state index is 11.8. The van der Waals surface area contributed by atoms with Crippen molar-refractivity contribution in [1.82, 2.24) is 9.55 Å². The zero-order valence-corrected chi connectivity index (χ0v) is 8.66. The Morgan fingerprint density at radius 2 is 2.40 bits per heavy atom. The van der Waals surface area contributed by atoms with Gasteiger partial charge in [0.05, 0.1) is 11.7 Å². The average molecular weight is 223 g/mol. The van der Waals surface area contributed by atoms with Crippen molar-refractivity contribution in [3.8, 4) is 0 Å². The fraction of sp³-hybridized carbons (Fsp3) is 0.222. The predicted octanol–water partition coefficient (Wildman–Crippen LogP) is 0.333. The van der Waals surface area contributed by atoms with Gasteiger partial charge in [0.1, 0.15) is 4.83 Å². The molecule has 2 rings (SSSR count). The smallest absolute Gasteiger partial charge is 0.262 e. The summed E-state index contributed by atoms with van der Waals surface area (Å²) in [4.78, 5) is 27.2. The Balaban J connectivity index is 2.40. The molecule has 0 fully saturated rings. The SMILES string of the molecule is NC(=O)CCn1cnc2sccc2c1=O. The van der Waals surface area contributed by atoms with Gasteiger partial charge >= 0.3 is 0 Å². The summed E-state index contributed by atoms with van der Waals surface area (Å²) in [5.41, 5.74) is 4.89. The maximum atomic E-state index is 11.8. The van der Waals surface area contributed by atoms with Gasteiger partial charge in [0.2, 0.25) is 5.91 Å². The van der Waals surface area contributed by atoms with Crippen LogP contribution in [0.15, 0.2) is 22.6 Å². The number of amides is 1. The van der Waals surface area contributed by atoms with Crippen molar-refractivity contribution in [2.24, 2.45) is 5.73 Å². The van der Waals surface area contributed by atoms with E-state index >= 15 is 0 Å². The highest BCUT2D eigenvalue weighted by Gasteiger charge is 2.05. The summed E-state index contributed by atoms with van der Waals surface area (Å²) in [5, 5.41) is 2.41. The topological polar surface area (TPSA) is 78.0 Å². The molecule has 2 aromatic rings. The van der Waals surface area contributed by atoms with E-state index < -0.39 is 5.91 Å². The van der Waals surface area contributed by atoms with E-state index in [0.717, 1.165) is 4.83 Å². The second kappa shape index (κ2) is 3.82. The van der Waals surface area contributed by atoms with E-state index in [9.17, 15) is 9.59 Å². The molecule has 2 aromatic heterocycles. The van der Waals surface area contributed by atoms with E-state index in [2.05, 4.69) is 4.98 Å². The molecule has 0 aliphatic rings. The number of nitrogens with zero attached hydrogens (tertiary/aromatic N) is 2. The van der Waals surface area contributed by atoms with Gasteiger partial charge in [0.15, 0.2) is 0 Å². The number of carbonyl (C=O) groups is 1. The third-order valence-corrected chi connectivity index (χ3v) is 2.87. The first-order valence-electron chi connectivity index (χ1n) is 4.39. The quantitative estimate of drug-likeness (QED) is 0.814. The standard InChI is InChI=1S/C9H9N3O2S/c10-7(13)1-3-12-5-11-8-6(9(12)14)2-4-15-8/h2,4-5H,1,3H2,(H2,10,13). The van der Waals surface area contributed by atoms with E-state index in [4.69, 9.17) is 5.73 Å². The molecule has 0 atom stereocenters. The molecule has 15 heavy (non-hydrogen) atoms. The summed E-state index contributed by atoms with van der Waals surface area (Å²) in [5.74, 6) is -0.424. The first-order valence-corrected chi connectivity index (χ1v) is 5.27. The third kappa shape index (κ3) is 1.89. The van der Waals surface area contributed by atoms with Gasteiger partial charge in [0, 0.05) is 13.0 Å². The molecule has 6 heteroatoms. The number of nitrogens with two attached hydrogens (primary N) is 1. The van der Waals surface area contributed by atoms with Crippen molar-refractivity contribution in [3.05, 3.63) is 28.1 Å². The minimum absolute atomic E-state index is 0.123. The van der Waals surface area contributed by atoms with Crippen LogP contribution < -0.4 is 11.3 Å². The van der Waals surface area contributed by atoms with Crippen LogP contribution in [0.2, 0.25) is 0 Å². The highest BCUT2D eigenvalue weighted by atomic mass is 32.1. The summed E-state index contributed by atoms with van der Waals surface area (Å²) in [6.07, 6.45) is 1.60. The van der Waals surface area contributed by atoms with Crippen molar-refractivity contribution < 1.29 is 4.79 Å². The van der Waals surface area contributed by atoms with E-state index in [1.54, 1.807) is 6.07 Å². The van der Waals surface area contributed by atoms with Crippen LogP contribution in [0.1, 0.15) is 6.42 Å². The zero-order chi connectivity index (χ0) is 10.8. The van der Waals surface area contributed by atoms with Crippen LogP contribution in [0.4, 0.5) is 0 Å². The van der Waals surface area contributed by atoms with Gasteiger partial charge in [0.25, 0.3) is 5.56 Å². The monoisotopic (exact) mass is 223 g/mol. The molecule has 0 radical (unpaired) electrons. The summed E-state index contributed by atoms with van der Waals surface area (Å²) >= 11 is 1.42. The van der Waals surface area contributed by atoms with E-state index in [-0.39, 0.29) is 18.5 Å². The summed E-state index contributed by atoms with van der Waals surface area (Å²) < 4.78 is 1.40. The lowest BCUT2D eigenvalue weighted by Crippen LogP contribution is -2.23. The Morgan fingerprint density at radius 3 is 3.13 bits per heavy atom. The highest BCUT2D eigenvalue weighted by molar-refractivity contribution is 7.16. The van der Waals surface area contributed by atoms with E-state index in [0.29, 0.717) is 5.39 Å². The van der Waals surface area contributed by atoms with Crippen molar-refractivity contribution in [1.29, 1.82) is 0 Å². The number of hydrogen-bond acceptors (Lipinski definition) is 4. The Bertz CT molecular complexity index is 558. The number of carbonyl (C=O) groups excluding carboxylic acids is 1. The normalized spacial score (nSPS) is 10.7. The minimum atomic E-state index is -0.424. The molecule has 0 saturated heterocycles. The van der Waals surface area contributed by atoms with Crippen molar-refractivity contribution in [3.63, 3.8) is 0 Å². The van der Waals surface area contributed by atoms with Gasteiger partial charge in [-0.15, -0.1) is 11.3 Å². The number of hydrogen-bond donors (Lipinski definition) is 1. The fourth-order valence-corrected chi connectivity index (χ4v) is 2.01. The lowest BCUT2D eigenvalue weighted by molar-refractivity contribution is -0.118. The van der Waals surface area contributed by atoms with Crippen LogP contribution in [0.3, 0.4) is 0 Å². The zero-order valence-electron chi connectivity index (χ0n) is 7.84. The van der Waals surface area contributed by atoms with Crippen molar-refractivity contribution in [2.75, 3.05) is 0 Å². The minimum Gasteiger partial charge on any atom is -0.370 e. The van der Waals surface area contributed by atoms with Crippen LogP contribution in [-0.4, -0.2) is 15.5 Å². The number of primary amides is 1. The van der Waals surface area contributed by atoms with Gasteiger partial charge in [-0.05, 0) is 11.4 Å². The highest BCUT2D eigenvalue weighted by Crippen LogP contribution is 2.13. The van der Waals surface area contributed by atoms with Crippen LogP contribution in [0.5, 0.6) is 0 Å². The number of fused-ring (bicyclic) bond motifs is 1. The van der Waals surface area contributed by atoms with E-state index in [1.807, 2.05) is 5.38 Å². The van der Waals surface area contributed by atoms with Crippen LogP contribution in [-0.2, 0) is 11.3 Å². The molecule has 0 unspecified atom stereocenters. The lowest BCUT2D eigenvalue weighted by Gasteiger charge is -2.02. The van der Waals surface area contributed by atoms with Crippen molar-refractivity contribution >= 4 is 27.5 Å². The Hall–Kier alpha value is -1.69. The molecule has 0 saturated carbocycles. The molecule has 0 aliphatic heterocycles. The molecule has 5 nitrogen and oxygen atoms in total. The van der Waals surface area contributed by atoms with Gasteiger partial charge in [-0.3, -0.25) is 14.2 Å². The Morgan fingerprint density at radius 1 is 1.60 bits per heavy atom. The third-order valence-electron chi connectivity index (χ3n) is 2.05. The molecule has 0 aliphatic carbocycles. The maximum Gasteiger partial charge on any atom is 0.262 e. The fourth-order valence-electron chi connectivity index (χ4n) is 1.28. The number of rotatable bonds is 3. The first kappa shape index (κ1) is 9.85. The van der Waals surface area contributed by atoms with Gasteiger partial charge in [-0.1, -0.05) is 0 Å². The Kier molecular flexibility index (Phi) is 2.51. The second-order valence-corrected chi connectivity index (χ2v) is 3.99. The lowest BCUT2D eigenvalue weighted by atomic mass is 10.4. The predicted molar refractivity (Wildman–Crippen MR) is 57.7 cm³/mol. The van der Waals surface area contributed by atoms with Gasteiger partial charge < -0.3 is 5.73 Å². The van der Waals surface area contributed by atoms with Crippen LogP contribution in [0, 0.1) is 0 Å². The second-order valence-electron chi connectivity index (χ2n) is 3.10. The molecule has 0 bridgehead atoms. The number of aryl methyl sites for hydroxylation is 1. The molecule has 1 amide bonds. The molecule has 0 aromatic carbocycles. The van der Waals surface area contributed by atoms with Crippen LogP contribution >= 0.6 is 11.3 Å². The Labute approximate surface area is 89.2 Å². The van der Waals surface area contributed by atoms with Crippen molar-refractivity contribution in [2.45, 2.75) is 13.0 Å². The summed E-state index contributed by atoms with van der Waals surface area (Å²) in [7, 11) is 0. The summed E-state index contributed by atoms with van der Waals surface area (Å²) in [6, 6.07) is 1.73. The summed E-state index contributed by atoms with van der Waals surface area (Å²) in [6.45, 7) is 0.285. The van der Waals surface area contributed by atoms with Crippen LogP contribution in [0.25, 0.3) is 10.2 Å². The number of aromatic nitrogens is 2. The largest absolute Gasteiger partial charge is 0.370 e. The van der Waals surface area contributed by atoms with Gasteiger partial charge in [-0.25, -0.2) is 4.98 Å². The average Bonchev–Trinajstić information content (AvgIpc) is 2.65. The molecule has 2 heterocycles. The van der Waals surface area contributed by atoms with E-state index in [1.165, 1.54) is 22.2 Å². The molecule has 0 spiro atoms. The molecular formula is C9H9N3O2S.